The van der Waals surface area contributed by atoms with Crippen molar-refractivity contribution in [1.82, 2.24) is 10.2 Å². The molecular weight excluding hydrogens is 318 g/mol. The molecule has 1 aromatic rings. The van der Waals surface area contributed by atoms with Gasteiger partial charge in [0.2, 0.25) is 0 Å². The number of methoxy groups -OCH3 is 1. The van der Waals surface area contributed by atoms with Gasteiger partial charge in [-0.15, -0.1) is 0 Å². The number of rotatable bonds is 10. The van der Waals surface area contributed by atoms with Crippen LogP contribution in [0.4, 0.5) is 0 Å². The Morgan fingerprint density at radius 1 is 1.48 bits per heavy atom. The molecule has 0 bridgehead atoms. The summed E-state index contributed by atoms with van der Waals surface area (Å²) in [5.41, 5.74) is 0. The molecule has 1 saturated heterocycles. The van der Waals surface area contributed by atoms with Gasteiger partial charge >= 0.3 is 0 Å². The van der Waals surface area contributed by atoms with E-state index >= 15 is 0 Å². The fraction of sp³-hybridized carbons (Fsp3) is 0.737. The van der Waals surface area contributed by atoms with E-state index in [4.69, 9.17) is 18.9 Å². The van der Waals surface area contributed by atoms with Crippen molar-refractivity contribution < 1.29 is 13.9 Å². The summed E-state index contributed by atoms with van der Waals surface area (Å²) in [4.78, 5) is 7.18. The summed E-state index contributed by atoms with van der Waals surface area (Å²) in [6.07, 6.45) is 4.77. The van der Waals surface area contributed by atoms with E-state index in [1.165, 1.54) is 0 Å². The van der Waals surface area contributed by atoms with Gasteiger partial charge in [-0.25, -0.2) is 0 Å². The third-order valence-electron chi connectivity index (χ3n) is 4.56. The zero-order chi connectivity index (χ0) is 17.9. The standard InChI is InChI=1S/C19H33N3O3/c1-4-16(2)21-19(20-9-7-18-6-5-11-25-18)22-10-8-17(14-22)15-24-13-12-23-3/h5-6,11,16-17H,4,7-10,12-15H2,1-3H3,(H,20,21). The first-order valence-electron chi connectivity index (χ1n) is 9.38. The van der Waals surface area contributed by atoms with Gasteiger partial charge in [0.15, 0.2) is 5.96 Å². The van der Waals surface area contributed by atoms with Crippen molar-refractivity contribution in [2.45, 2.75) is 39.2 Å². The lowest BCUT2D eigenvalue weighted by Crippen LogP contribution is -2.44. The molecule has 0 aromatic carbocycles. The molecule has 1 aromatic heterocycles. The first kappa shape index (κ1) is 19.8. The minimum atomic E-state index is 0.416. The van der Waals surface area contributed by atoms with Crippen LogP contribution in [0.15, 0.2) is 27.8 Å². The molecule has 0 aliphatic carbocycles. The van der Waals surface area contributed by atoms with Crippen LogP contribution in [0, 0.1) is 5.92 Å². The van der Waals surface area contributed by atoms with E-state index in [9.17, 15) is 0 Å². The molecule has 6 nitrogen and oxygen atoms in total. The number of hydrogen-bond acceptors (Lipinski definition) is 4. The van der Waals surface area contributed by atoms with Crippen molar-refractivity contribution in [1.29, 1.82) is 0 Å². The molecule has 2 heterocycles. The largest absolute Gasteiger partial charge is 0.469 e. The molecule has 1 aliphatic rings. The highest BCUT2D eigenvalue weighted by Crippen LogP contribution is 2.17. The number of furan rings is 1. The van der Waals surface area contributed by atoms with E-state index < -0.39 is 0 Å². The molecule has 0 saturated carbocycles. The second kappa shape index (κ2) is 11.2. The Labute approximate surface area is 151 Å². The van der Waals surface area contributed by atoms with Crippen LogP contribution in [0.5, 0.6) is 0 Å². The van der Waals surface area contributed by atoms with Crippen LogP contribution >= 0.6 is 0 Å². The summed E-state index contributed by atoms with van der Waals surface area (Å²) in [5.74, 6) is 2.56. The van der Waals surface area contributed by atoms with Gasteiger partial charge in [-0.3, -0.25) is 4.99 Å². The van der Waals surface area contributed by atoms with E-state index in [-0.39, 0.29) is 0 Å². The topological polar surface area (TPSA) is 59.2 Å². The summed E-state index contributed by atoms with van der Waals surface area (Å²) >= 11 is 0. The summed E-state index contributed by atoms with van der Waals surface area (Å²) < 4.78 is 16.1. The lowest BCUT2D eigenvalue weighted by atomic mass is 10.1. The van der Waals surface area contributed by atoms with E-state index in [1.54, 1.807) is 13.4 Å². The number of nitrogens with one attached hydrogen (secondary N) is 1. The number of aliphatic imine (C=N–C) groups is 1. The van der Waals surface area contributed by atoms with Gasteiger partial charge in [0, 0.05) is 45.1 Å². The number of nitrogens with zero attached hydrogens (tertiary/aromatic N) is 2. The molecule has 0 radical (unpaired) electrons. The fourth-order valence-electron chi connectivity index (χ4n) is 2.84. The monoisotopic (exact) mass is 351 g/mol. The molecule has 0 amide bonds. The molecule has 1 aliphatic heterocycles. The van der Waals surface area contributed by atoms with Crippen LogP contribution in [0.3, 0.4) is 0 Å². The van der Waals surface area contributed by atoms with E-state index in [0.717, 1.165) is 57.2 Å². The summed E-state index contributed by atoms with van der Waals surface area (Å²) in [5, 5.41) is 3.57. The highest BCUT2D eigenvalue weighted by atomic mass is 16.5. The maximum absolute atomic E-state index is 5.69. The minimum absolute atomic E-state index is 0.416. The van der Waals surface area contributed by atoms with Crippen LogP contribution in [0.25, 0.3) is 0 Å². The normalized spacial score (nSPS) is 19.4. The smallest absolute Gasteiger partial charge is 0.194 e. The average molecular weight is 351 g/mol. The Kier molecular flexibility index (Phi) is 8.83. The van der Waals surface area contributed by atoms with Gasteiger partial charge in [-0.2, -0.15) is 0 Å². The molecule has 2 atom stereocenters. The Hall–Kier alpha value is -1.53. The Morgan fingerprint density at radius 2 is 2.36 bits per heavy atom. The van der Waals surface area contributed by atoms with Crippen LogP contribution in [-0.4, -0.2) is 63.5 Å². The van der Waals surface area contributed by atoms with Crippen molar-refractivity contribution in [2.24, 2.45) is 10.9 Å². The minimum Gasteiger partial charge on any atom is -0.469 e. The highest BCUT2D eigenvalue weighted by Gasteiger charge is 2.25. The first-order chi connectivity index (χ1) is 12.2. The Morgan fingerprint density at radius 3 is 3.08 bits per heavy atom. The van der Waals surface area contributed by atoms with Gasteiger partial charge in [-0.05, 0) is 31.9 Å². The Bertz CT molecular complexity index is 490. The first-order valence-corrected chi connectivity index (χ1v) is 9.38. The number of guanidine groups is 1. The molecule has 2 rings (SSSR count). The van der Waals surface area contributed by atoms with E-state index in [0.29, 0.717) is 25.2 Å². The molecule has 6 heteroatoms. The highest BCUT2D eigenvalue weighted by molar-refractivity contribution is 5.80. The van der Waals surface area contributed by atoms with Crippen molar-refractivity contribution >= 4 is 5.96 Å². The fourth-order valence-corrected chi connectivity index (χ4v) is 2.84. The van der Waals surface area contributed by atoms with Crippen molar-refractivity contribution in [3.63, 3.8) is 0 Å². The summed E-state index contributed by atoms with van der Waals surface area (Å²) in [6.45, 7) is 9.27. The van der Waals surface area contributed by atoms with Crippen LogP contribution in [0.2, 0.25) is 0 Å². The second-order valence-electron chi connectivity index (χ2n) is 6.66. The van der Waals surface area contributed by atoms with Crippen LogP contribution in [-0.2, 0) is 15.9 Å². The number of ether oxygens (including phenoxy) is 2. The lowest BCUT2D eigenvalue weighted by molar-refractivity contribution is 0.0536. The number of hydrogen-bond donors (Lipinski definition) is 1. The third-order valence-corrected chi connectivity index (χ3v) is 4.56. The maximum atomic E-state index is 5.69. The molecule has 1 N–H and O–H groups in total. The predicted molar refractivity (Wildman–Crippen MR) is 100.0 cm³/mol. The zero-order valence-electron chi connectivity index (χ0n) is 15.9. The quantitative estimate of drug-likeness (QED) is 0.399. The second-order valence-corrected chi connectivity index (χ2v) is 6.66. The predicted octanol–water partition coefficient (Wildman–Crippen LogP) is 2.55. The van der Waals surface area contributed by atoms with Crippen LogP contribution < -0.4 is 5.32 Å². The zero-order valence-corrected chi connectivity index (χ0v) is 15.9. The molecule has 2 unspecified atom stereocenters. The molecule has 1 fully saturated rings. The summed E-state index contributed by atoms with van der Waals surface area (Å²) in [7, 11) is 1.70. The molecule has 0 spiro atoms. The van der Waals surface area contributed by atoms with Crippen molar-refractivity contribution in [3.8, 4) is 0 Å². The van der Waals surface area contributed by atoms with Crippen LogP contribution in [0.1, 0.15) is 32.4 Å². The third kappa shape index (κ3) is 7.08. The lowest BCUT2D eigenvalue weighted by Gasteiger charge is -2.25. The van der Waals surface area contributed by atoms with Crippen molar-refractivity contribution in [2.75, 3.05) is 46.6 Å². The van der Waals surface area contributed by atoms with Gasteiger partial charge < -0.3 is 24.1 Å². The average Bonchev–Trinajstić information content (AvgIpc) is 3.29. The maximum Gasteiger partial charge on any atom is 0.194 e. The molecule has 25 heavy (non-hydrogen) atoms. The molecule has 142 valence electrons. The van der Waals surface area contributed by atoms with Gasteiger partial charge in [0.05, 0.1) is 26.1 Å². The van der Waals surface area contributed by atoms with E-state index in [2.05, 4.69) is 24.1 Å². The summed E-state index contributed by atoms with van der Waals surface area (Å²) in [6, 6.07) is 4.34. The number of likely N-dealkylation sites (tertiary alicyclic amines) is 1. The SMILES string of the molecule is CCC(C)NC(=NCCc1ccco1)N1CCC(COCCOC)C1. The van der Waals surface area contributed by atoms with Gasteiger partial charge in [0.25, 0.3) is 0 Å². The van der Waals surface area contributed by atoms with Gasteiger partial charge in [-0.1, -0.05) is 6.92 Å². The van der Waals surface area contributed by atoms with E-state index in [1.807, 2.05) is 12.1 Å². The van der Waals surface area contributed by atoms with Crippen molar-refractivity contribution in [3.05, 3.63) is 24.2 Å². The Balaban J connectivity index is 1.84. The molecular formula is C19H33N3O3. The van der Waals surface area contributed by atoms with Gasteiger partial charge in [0.1, 0.15) is 5.76 Å².